The first-order chi connectivity index (χ1) is 9.74. The Kier molecular flexibility index (Phi) is 4.46. The van der Waals surface area contributed by atoms with Crippen LogP contribution in [-0.4, -0.2) is 12.2 Å². The molecule has 0 aromatic carbocycles. The maximum atomic E-state index is 6.21. The molecule has 0 radical (unpaired) electrons. The van der Waals surface area contributed by atoms with Crippen molar-refractivity contribution >= 4 is 11.3 Å². The molecule has 2 unspecified atom stereocenters. The van der Waals surface area contributed by atoms with Gasteiger partial charge in [-0.1, -0.05) is 19.3 Å². The summed E-state index contributed by atoms with van der Waals surface area (Å²) < 4.78 is 6.21. The molecule has 1 aromatic heterocycles. The third-order valence-electron chi connectivity index (χ3n) is 5.13. The maximum Gasteiger partial charge on any atom is 0.0686 e. The van der Waals surface area contributed by atoms with Crippen LogP contribution in [0, 0.1) is 12.8 Å². The standard InChI is InChI=1S/C16H26N2OS/c1-12-6-10-20-15(12)14(18-17)13-5-9-19-16(11-13)7-3-2-4-8-16/h6,10,13-14,18H,2-5,7-9,11,17H2,1H3. The number of aryl methyl sites for hydroxylation is 1. The zero-order chi connectivity index (χ0) is 14.0. The van der Waals surface area contributed by atoms with Gasteiger partial charge in [-0.05, 0) is 55.5 Å². The minimum absolute atomic E-state index is 0.154. The summed E-state index contributed by atoms with van der Waals surface area (Å²) in [6, 6.07) is 2.48. The molecule has 112 valence electrons. The fourth-order valence-electron chi connectivity index (χ4n) is 4.02. The van der Waals surface area contributed by atoms with Gasteiger partial charge in [0, 0.05) is 11.5 Å². The second-order valence-corrected chi connectivity index (χ2v) is 7.40. The van der Waals surface area contributed by atoms with Crippen LogP contribution in [0.1, 0.15) is 61.4 Å². The number of hydrazine groups is 1. The molecule has 0 bridgehead atoms. The molecule has 1 aliphatic heterocycles. The number of thiophene rings is 1. The van der Waals surface area contributed by atoms with E-state index in [0.717, 1.165) is 13.0 Å². The second-order valence-electron chi connectivity index (χ2n) is 6.46. The third kappa shape index (κ3) is 2.80. The molecule has 3 rings (SSSR count). The summed E-state index contributed by atoms with van der Waals surface area (Å²) in [5, 5.41) is 2.17. The molecule has 0 amide bonds. The summed E-state index contributed by atoms with van der Waals surface area (Å²) in [6.07, 6.45) is 8.79. The molecule has 2 fully saturated rings. The molecular formula is C16H26N2OS. The molecule has 20 heavy (non-hydrogen) atoms. The van der Waals surface area contributed by atoms with Crippen molar-refractivity contribution < 1.29 is 4.74 Å². The molecule has 2 heterocycles. The number of hydrogen-bond donors (Lipinski definition) is 2. The summed E-state index contributed by atoms with van der Waals surface area (Å²) in [5.41, 5.74) is 4.61. The van der Waals surface area contributed by atoms with E-state index in [9.17, 15) is 0 Å². The van der Waals surface area contributed by atoms with Crippen molar-refractivity contribution in [2.24, 2.45) is 11.8 Å². The topological polar surface area (TPSA) is 47.3 Å². The number of ether oxygens (including phenoxy) is 1. The van der Waals surface area contributed by atoms with Gasteiger partial charge in [-0.15, -0.1) is 11.3 Å². The van der Waals surface area contributed by atoms with Crippen LogP contribution in [0.15, 0.2) is 11.4 Å². The van der Waals surface area contributed by atoms with E-state index in [4.69, 9.17) is 10.6 Å². The molecule has 4 heteroatoms. The lowest BCUT2D eigenvalue weighted by molar-refractivity contribution is -0.122. The Morgan fingerprint density at radius 3 is 2.85 bits per heavy atom. The average molecular weight is 294 g/mol. The molecule has 1 spiro atoms. The normalized spacial score (nSPS) is 27.6. The Morgan fingerprint density at radius 1 is 1.40 bits per heavy atom. The van der Waals surface area contributed by atoms with E-state index in [1.165, 1.54) is 49.0 Å². The van der Waals surface area contributed by atoms with Crippen molar-refractivity contribution in [1.82, 2.24) is 5.43 Å². The molecule has 1 aromatic rings. The largest absolute Gasteiger partial charge is 0.375 e. The van der Waals surface area contributed by atoms with Gasteiger partial charge in [0.15, 0.2) is 0 Å². The van der Waals surface area contributed by atoms with Crippen LogP contribution in [0.2, 0.25) is 0 Å². The van der Waals surface area contributed by atoms with Gasteiger partial charge in [0.1, 0.15) is 0 Å². The first-order valence-corrected chi connectivity index (χ1v) is 8.76. The Balaban J connectivity index is 1.76. The van der Waals surface area contributed by atoms with Crippen LogP contribution >= 0.6 is 11.3 Å². The fraction of sp³-hybridized carbons (Fsp3) is 0.750. The van der Waals surface area contributed by atoms with E-state index < -0.39 is 0 Å². The van der Waals surface area contributed by atoms with Crippen LogP contribution in [-0.2, 0) is 4.74 Å². The number of nitrogens with two attached hydrogens (primary N) is 1. The number of hydrogen-bond acceptors (Lipinski definition) is 4. The highest BCUT2D eigenvalue weighted by Crippen LogP contribution is 2.45. The van der Waals surface area contributed by atoms with Gasteiger partial charge in [-0.2, -0.15) is 0 Å². The highest BCUT2D eigenvalue weighted by Gasteiger charge is 2.41. The van der Waals surface area contributed by atoms with Crippen molar-refractivity contribution in [3.05, 3.63) is 21.9 Å². The van der Waals surface area contributed by atoms with Gasteiger partial charge in [0.25, 0.3) is 0 Å². The van der Waals surface area contributed by atoms with Crippen LogP contribution in [0.5, 0.6) is 0 Å². The highest BCUT2D eigenvalue weighted by atomic mass is 32.1. The summed E-state index contributed by atoms with van der Waals surface area (Å²) in [7, 11) is 0. The van der Waals surface area contributed by atoms with E-state index >= 15 is 0 Å². The van der Waals surface area contributed by atoms with E-state index in [-0.39, 0.29) is 11.6 Å². The van der Waals surface area contributed by atoms with Gasteiger partial charge in [0.2, 0.25) is 0 Å². The zero-order valence-corrected chi connectivity index (χ0v) is 13.2. The lowest BCUT2D eigenvalue weighted by Crippen LogP contribution is -2.45. The van der Waals surface area contributed by atoms with E-state index in [0.29, 0.717) is 5.92 Å². The summed E-state index contributed by atoms with van der Waals surface area (Å²) >= 11 is 1.83. The average Bonchev–Trinajstić information content (AvgIpc) is 2.87. The summed E-state index contributed by atoms with van der Waals surface area (Å²) in [6.45, 7) is 3.08. The second kappa shape index (κ2) is 6.14. The van der Waals surface area contributed by atoms with E-state index in [1.54, 1.807) is 0 Å². The third-order valence-corrected chi connectivity index (χ3v) is 6.23. The van der Waals surface area contributed by atoms with Crippen molar-refractivity contribution in [2.75, 3.05) is 6.61 Å². The van der Waals surface area contributed by atoms with Crippen molar-refractivity contribution in [1.29, 1.82) is 0 Å². The highest BCUT2D eigenvalue weighted by molar-refractivity contribution is 7.10. The van der Waals surface area contributed by atoms with E-state index in [1.807, 2.05) is 11.3 Å². The van der Waals surface area contributed by atoms with Crippen LogP contribution in [0.25, 0.3) is 0 Å². The molecule has 1 saturated heterocycles. The smallest absolute Gasteiger partial charge is 0.0686 e. The predicted molar refractivity (Wildman–Crippen MR) is 83.6 cm³/mol. The SMILES string of the molecule is Cc1ccsc1C(NN)C1CCOC2(CCCCC2)C1. The molecule has 1 saturated carbocycles. The van der Waals surface area contributed by atoms with Gasteiger partial charge in [-0.3, -0.25) is 11.3 Å². The fourth-order valence-corrected chi connectivity index (χ4v) is 5.10. The van der Waals surface area contributed by atoms with Gasteiger partial charge < -0.3 is 4.74 Å². The Bertz CT molecular complexity index is 434. The maximum absolute atomic E-state index is 6.21. The molecular weight excluding hydrogens is 268 g/mol. The van der Waals surface area contributed by atoms with Gasteiger partial charge in [-0.25, -0.2) is 0 Å². The molecule has 1 aliphatic carbocycles. The minimum atomic E-state index is 0.154. The van der Waals surface area contributed by atoms with Gasteiger partial charge >= 0.3 is 0 Å². The number of nitrogens with one attached hydrogen (secondary N) is 1. The molecule has 3 nitrogen and oxygen atoms in total. The first kappa shape index (κ1) is 14.5. The van der Waals surface area contributed by atoms with Gasteiger partial charge in [0.05, 0.1) is 11.6 Å². The molecule has 2 atom stereocenters. The van der Waals surface area contributed by atoms with Crippen LogP contribution in [0.3, 0.4) is 0 Å². The molecule has 3 N–H and O–H groups in total. The Morgan fingerprint density at radius 2 is 2.20 bits per heavy atom. The zero-order valence-electron chi connectivity index (χ0n) is 12.4. The monoisotopic (exact) mass is 294 g/mol. The lowest BCUT2D eigenvalue weighted by atomic mass is 9.74. The van der Waals surface area contributed by atoms with E-state index in [2.05, 4.69) is 23.8 Å². The first-order valence-electron chi connectivity index (χ1n) is 7.88. The Labute approximate surface area is 125 Å². The molecule has 2 aliphatic rings. The lowest BCUT2D eigenvalue weighted by Gasteiger charge is -2.45. The summed E-state index contributed by atoms with van der Waals surface area (Å²) in [5.74, 6) is 6.50. The van der Waals surface area contributed by atoms with Crippen molar-refractivity contribution in [3.63, 3.8) is 0 Å². The minimum Gasteiger partial charge on any atom is -0.375 e. The van der Waals surface area contributed by atoms with Crippen molar-refractivity contribution in [3.8, 4) is 0 Å². The quantitative estimate of drug-likeness (QED) is 0.660. The Hall–Kier alpha value is -0.420. The summed E-state index contributed by atoms with van der Waals surface area (Å²) in [4.78, 5) is 1.41. The van der Waals surface area contributed by atoms with Crippen LogP contribution < -0.4 is 11.3 Å². The number of rotatable bonds is 3. The predicted octanol–water partition coefficient (Wildman–Crippen LogP) is 3.69. The van der Waals surface area contributed by atoms with Crippen LogP contribution in [0.4, 0.5) is 0 Å². The van der Waals surface area contributed by atoms with Crippen molar-refractivity contribution in [2.45, 2.75) is 63.5 Å².